The first-order chi connectivity index (χ1) is 7.56. The van der Waals surface area contributed by atoms with Crippen LogP contribution >= 0.6 is 23.2 Å². The maximum atomic E-state index is 11.7. The van der Waals surface area contributed by atoms with Crippen molar-refractivity contribution in [2.24, 2.45) is 5.73 Å². The molecule has 0 saturated heterocycles. The minimum Gasteiger partial charge on any atom is -0.354 e. The molecule has 5 heteroatoms. The van der Waals surface area contributed by atoms with Crippen molar-refractivity contribution in [3.63, 3.8) is 0 Å². The average Bonchev–Trinajstić information content (AvgIpc) is 2.25. The van der Waals surface area contributed by atoms with Gasteiger partial charge in [0, 0.05) is 23.1 Å². The summed E-state index contributed by atoms with van der Waals surface area (Å²) in [4.78, 5) is 11.7. The summed E-state index contributed by atoms with van der Waals surface area (Å²) in [5, 5.41) is 3.78. The summed E-state index contributed by atoms with van der Waals surface area (Å²) in [7, 11) is 0. The summed E-state index contributed by atoms with van der Waals surface area (Å²) in [6.45, 7) is 2.68. The van der Waals surface area contributed by atoms with Crippen molar-refractivity contribution < 1.29 is 4.79 Å². The van der Waals surface area contributed by atoms with Gasteiger partial charge in [-0.1, -0.05) is 29.3 Å². The zero-order valence-corrected chi connectivity index (χ0v) is 10.5. The summed E-state index contributed by atoms with van der Waals surface area (Å²) in [6.07, 6.45) is 0. The van der Waals surface area contributed by atoms with Gasteiger partial charge in [0.05, 0.1) is 5.92 Å². The molecule has 3 nitrogen and oxygen atoms in total. The maximum Gasteiger partial charge on any atom is 0.227 e. The lowest BCUT2D eigenvalue weighted by Gasteiger charge is -2.13. The zero-order chi connectivity index (χ0) is 12.1. The number of nitrogens with two attached hydrogens (primary N) is 1. The van der Waals surface area contributed by atoms with E-state index in [0.717, 1.165) is 5.56 Å². The SMILES string of the molecule is CC(C(=O)NCCN)c1ccc(Cl)cc1Cl. The quantitative estimate of drug-likeness (QED) is 0.872. The molecule has 1 atom stereocenters. The number of halogens is 2. The predicted octanol–water partition coefficient (Wildman–Crippen LogP) is 2.17. The summed E-state index contributed by atoms with van der Waals surface area (Å²) < 4.78 is 0. The van der Waals surface area contributed by atoms with Gasteiger partial charge in [-0.05, 0) is 24.6 Å². The highest BCUT2D eigenvalue weighted by Gasteiger charge is 2.17. The molecule has 0 aliphatic rings. The minimum absolute atomic E-state index is 0.0883. The standard InChI is InChI=1S/C11H14Cl2N2O/c1-7(11(16)15-5-4-14)9-3-2-8(12)6-10(9)13/h2-3,6-7H,4-5,14H2,1H3,(H,15,16). The minimum atomic E-state index is -0.309. The highest BCUT2D eigenvalue weighted by molar-refractivity contribution is 6.35. The smallest absolute Gasteiger partial charge is 0.227 e. The van der Waals surface area contributed by atoms with Crippen molar-refractivity contribution in [1.29, 1.82) is 0 Å². The van der Waals surface area contributed by atoms with Gasteiger partial charge in [-0.15, -0.1) is 0 Å². The van der Waals surface area contributed by atoms with Crippen molar-refractivity contribution in [2.75, 3.05) is 13.1 Å². The fraction of sp³-hybridized carbons (Fsp3) is 0.364. The van der Waals surface area contributed by atoms with Crippen LogP contribution in [0.15, 0.2) is 18.2 Å². The topological polar surface area (TPSA) is 55.1 Å². The van der Waals surface area contributed by atoms with E-state index in [4.69, 9.17) is 28.9 Å². The molecule has 16 heavy (non-hydrogen) atoms. The fourth-order valence-corrected chi connectivity index (χ4v) is 1.91. The summed E-state index contributed by atoms with van der Waals surface area (Å²) >= 11 is 11.8. The molecular weight excluding hydrogens is 247 g/mol. The molecule has 3 N–H and O–H groups in total. The summed E-state index contributed by atoms with van der Waals surface area (Å²) in [6, 6.07) is 5.11. The molecule has 1 unspecified atom stereocenters. The number of carbonyl (C=O) groups is 1. The molecule has 0 aromatic heterocycles. The number of carbonyl (C=O) groups excluding carboxylic acids is 1. The van der Waals surface area contributed by atoms with Crippen molar-refractivity contribution in [1.82, 2.24) is 5.32 Å². The van der Waals surface area contributed by atoms with Crippen molar-refractivity contribution >= 4 is 29.1 Å². The molecule has 1 aromatic rings. The third kappa shape index (κ3) is 3.37. The van der Waals surface area contributed by atoms with Crippen LogP contribution in [0.25, 0.3) is 0 Å². The second kappa shape index (κ2) is 6.09. The van der Waals surface area contributed by atoms with E-state index in [1.807, 2.05) is 0 Å². The van der Waals surface area contributed by atoms with Crippen LogP contribution in [0.5, 0.6) is 0 Å². The molecule has 0 radical (unpaired) electrons. The van der Waals surface area contributed by atoms with Gasteiger partial charge in [0.15, 0.2) is 0 Å². The predicted molar refractivity (Wildman–Crippen MR) is 66.9 cm³/mol. The summed E-state index contributed by atoms with van der Waals surface area (Å²) in [5.41, 5.74) is 6.07. The molecule has 0 spiro atoms. The van der Waals surface area contributed by atoms with Crippen LogP contribution < -0.4 is 11.1 Å². The lowest BCUT2D eigenvalue weighted by atomic mass is 10.0. The van der Waals surface area contributed by atoms with Gasteiger partial charge >= 0.3 is 0 Å². The number of hydrogen-bond donors (Lipinski definition) is 2. The van der Waals surface area contributed by atoms with E-state index >= 15 is 0 Å². The second-order valence-electron chi connectivity index (χ2n) is 3.47. The van der Waals surface area contributed by atoms with Gasteiger partial charge in [0.2, 0.25) is 5.91 Å². The van der Waals surface area contributed by atoms with Crippen LogP contribution in [-0.4, -0.2) is 19.0 Å². The Kier molecular flexibility index (Phi) is 5.06. The van der Waals surface area contributed by atoms with E-state index in [1.54, 1.807) is 25.1 Å². The van der Waals surface area contributed by atoms with Crippen LogP contribution in [0.3, 0.4) is 0 Å². The van der Waals surface area contributed by atoms with Crippen LogP contribution in [-0.2, 0) is 4.79 Å². The molecule has 0 heterocycles. The van der Waals surface area contributed by atoms with Gasteiger partial charge < -0.3 is 11.1 Å². The van der Waals surface area contributed by atoms with Gasteiger partial charge in [-0.25, -0.2) is 0 Å². The lowest BCUT2D eigenvalue weighted by Crippen LogP contribution is -2.32. The van der Waals surface area contributed by atoms with E-state index in [9.17, 15) is 4.79 Å². The van der Waals surface area contributed by atoms with Crippen LogP contribution in [0.2, 0.25) is 10.0 Å². The number of amides is 1. The fourth-order valence-electron chi connectivity index (χ4n) is 1.34. The Hall–Kier alpha value is -0.770. The number of nitrogens with one attached hydrogen (secondary N) is 1. The highest BCUT2D eigenvalue weighted by atomic mass is 35.5. The van der Waals surface area contributed by atoms with Gasteiger partial charge in [-0.2, -0.15) is 0 Å². The van der Waals surface area contributed by atoms with E-state index < -0.39 is 0 Å². The molecule has 0 aliphatic heterocycles. The Bertz CT molecular complexity index is 382. The first-order valence-electron chi connectivity index (χ1n) is 4.99. The van der Waals surface area contributed by atoms with Crippen LogP contribution in [0.1, 0.15) is 18.4 Å². The second-order valence-corrected chi connectivity index (χ2v) is 4.31. The number of rotatable bonds is 4. The van der Waals surface area contributed by atoms with E-state index in [0.29, 0.717) is 23.1 Å². The van der Waals surface area contributed by atoms with Crippen molar-refractivity contribution in [3.05, 3.63) is 33.8 Å². The Morgan fingerprint density at radius 2 is 2.19 bits per heavy atom. The maximum absolute atomic E-state index is 11.7. The van der Waals surface area contributed by atoms with E-state index in [1.165, 1.54) is 0 Å². The van der Waals surface area contributed by atoms with Crippen molar-refractivity contribution in [2.45, 2.75) is 12.8 Å². The number of hydrogen-bond acceptors (Lipinski definition) is 2. The largest absolute Gasteiger partial charge is 0.354 e. The Morgan fingerprint density at radius 1 is 1.50 bits per heavy atom. The van der Waals surface area contributed by atoms with Crippen LogP contribution in [0, 0.1) is 0 Å². The number of benzene rings is 1. The molecule has 0 bridgehead atoms. The molecule has 0 aliphatic carbocycles. The van der Waals surface area contributed by atoms with Gasteiger partial charge in [0.1, 0.15) is 0 Å². The normalized spacial score (nSPS) is 12.2. The molecule has 88 valence electrons. The third-order valence-electron chi connectivity index (χ3n) is 2.27. The molecule has 0 fully saturated rings. The highest BCUT2D eigenvalue weighted by Crippen LogP contribution is 2.27. The molecule has 0 saturated carbocycles. The molecule has 1 aromatic carbocycles. The molecular formula is C11H14Cl2N2O. The van der Waals surface area contributed by atoms with Crippen LogP contribution in [0.4, 0.5) is 0 Å². The van der Waals surface area contributed by atoms with E-state index in [2.05, 4.69) is 5.32 Å². The Morgan fingerprint density at radius 3 is 2.75 bits per heavy atom. The van der Waals surface area contributed by atoms with Gasteiger partial charge in [-0.3, -0.25) is 4.79 Å². The monoisotopic (exact) mass is 260 g/mol. The third-order valence-corrected chi connectivity index (χ3v) is 2.83. The summed E-state index contributed by atoms with van der Waals surface area (Å²) in [5.74, 6) is -0.397. The molecule has 1 amide bonds. The Balaban J connectivity index is 2.79. The Labute approximate surface area is 105 Å². The van der Waals surface area contributed by atoms with E-state index in [-0.39, 0.29) is 11.8 Å². The first kappa shape index (κ1) is 13.3. The van der Waals surface area contributed by atoms with Gasteiger partial charge in [0.25, 0.3) is 0 Å². The average molecular weight is 261 g/mol. The van der Waals surface area contributed by atoms with Crippen molar-refractivity contribution in [3.8, 4) is 0 Å². The zero-order valence-electron chi connectivity index (χ0n) is 8.97. The molecule has 1 rings (SSSR count). The lowest BCUT2D eigenvalue weighted by molar-refractivity contribution is -0.122. The first-order valence-corrected chi connectivity index (χ1v) is 5.74.